The van der Waals surface area contributed by atoms with Gasteiger partial charge in [-0.3, -0.25) is 4.68 Å². The van der Waals surface area contributed by atoms with Crippen molar-refractivity contribution >= 4 is 28.3 Å². The fraction of sp³-hybridized carbons (Fsp3) is 0.310. The second-order valence-corrected chi connectivity index (χ2v) is 11.2. The van der Waals surface area contributed by atoms with Crippen molar-refractivity contribution in [3.05, 3.63) is 78.4 Å². The van der Waals surface area contributed by atoms with Gasteiger partial charge in [0.2, 0.25) is 0 Å². The Morgan fingerprint density at radius 2 is 1.92 bits per heavy atom. The highest BCUT2D eigenvalue weighted by Crippen LogP contribution is 2.45. The number of benzene rings is 2. The van der Waals surface area contributed by atoms with Crippen LogP contribution in [0.2, 0.25) is 0 Å². The minimum atomic E-state index is -0.890. The first-order chi connectivity index (χ1) is 18.2. The van der Waals surface area contributed by atoms with Crippen LogP contribution in [0, 0.1) is 5.41 Å². The molecule has 1 aliphatic rings. The van der Waals surface area contributed by atoms with E-state index in [0.717, 1.165) is 33.2 Å². The summed E-state index contributed by atoms with van der Waals surface area (Å²) in [6.07, 6.45) is 3.34. The number of hydrogen-bond acceptors (Lipinski definition) is 5. The molecule has 9 heteroatoms. The molecule has 9 nitrogen and oxygen atoms in total. The Balaban J connectivity index is 1.45. The molecule has 2 aromatic carbocycles. The van der Waals surface area contributed by atoms with Gasteiger partial charge in [-0.25, -0.2) is 14.3 Å². The normalized spacial score (nSPS) is 18.0. The van der Waals surface area contributed by atoms with E-state index in [2.05, 4.69) is 73.4 Å². The molecule has 6 rings (SSSR count). The number of amides is 1. The summed E-state index contributed by atoms with van der Waals surface area (Å²) < 4.78 is 3.81. The molecule has 0 radical (unpaired) electrons. The largest absolute Gasteiger partial charge is 0.465 e. The van der Waals surface area contributed by atoms with Crippen molar-refractivity contribution in [3.63, 3.8) is 0 Å². The van der Waals surface area contributed by atoms with Gasteiger partial charge in [0.15, 0.2) is 5.82 Å². The van der Waals surface area contributed by atoms with E-state index in [1.54, 1.807) is 4.90 Å². The average molecular weight is 510 g/mol. The summed E-state index contributed by atoms with van der Waals surface area (Å²) in [5.41, 5.74) is 11.8. The van der Waals surface area contributed by atoms with Gasteiger partial charge in [0.05, 0.1) is 12.1 Å². The molecule has 2 unspecified atom stereocenters. The van der Waals surface area contributed by atoms with Crippen molar-refractivity contribution in [1.82, 2.24) is 29.3 Å². The number of likely N-dealkylation sites (tertiary alicyclic amines) is 1. The summed E-state index contributed by atoms with van der Waals surface area (Å²) in [4.78, 5) is 17.9. The first-order valence-corrected chi connectivity index (χ1v) is 12.8. The van der Waals surface area contributed by atoms with Gasteiger partial charge in [-0.05, 0) is 35.1 Å². The van der Waals surface area contributed by atoms with Gasteiger partial charge in [-0.1, -0.05) is 63.2 Å². The standard InChI is InChI=1S/C29H31N7O2/c1-29(2,3)26-21(11-12-35(26)28(37)38)24-14-22(25-27(30)31-17-32-36(24)25)19-9-10-20-16-34(33-23(20)13-19)15-18-7-5-4-6-8-18/h4-10,13-14,16-17,21,26H,11-12,15H2,1-3H3,(H,37,38)(H2,30,31,32). The van der Waals surface area contributed by atoms with Gasteiger partial charge in [-0.2, -0.15) is 10.2 Å². The van der Waals surface area contributed by atoms with Crippen LogP contribution >= 0.6 is 0 Å². The molecule has 1 amide bonds. The van der Waals surface area contributed by atoms with Crippen molar-refractivity contribution in [3.8, 4) is 11.1 Å². The molecule has 1 fully saturated rings. The monoisotopic (exact) mass is 509 g/mol. The van der Waals surface area contributed by atoms with Crippen LogP contribution in [0.25, 0.3) is 27.5 Å². The van der Waals surface area contributed by atoms with Gasteiger partial charge in [0.25, 0.3) is 0 Å². The lowest BCUT2D eigenvalue weighted by Gasteiger charge is -2.36. The smallest absolute Gasteiger partial charge is 0.407 e. The molecule has 0 aliphatic carbocycles. The van der Waals surface area contributed by atoms with Crippen LogP contribution in [-0.4, -0.2) is 53.1 Å². The third kappa shape index (κ3) is 4.04. The second-order valence-electron chi connectivity index (χ2n) is 11.2. The van der Waals surface area contributed by atoms with E-state index in [1.165, 1.54) is 11.9 Å². The summed E-state index contributed by atoms with van der Waals surface area (Å²) in [5.74, 6) is 0.354. The zero-order valence-electron chi connectivity index (χ0n) is 21.7. The quantitative estimate of drug-likeness (QED) is 0.342. The summed E-state index contributed by atoms with van der Waals surface area (Å²) in [5, 5.41) is 20.4. The maximum absolute atomic E-state index is 12.1. The molecule has 194 valence electrons. The number of nitrogens with two attached hydrogens (primary N) is 1. The molecule has 38 heavy (non-hydrogen) atoms. The second kappa shape index (κ2) is 8.86. The predicted molar refractivity (Wildman–Crippen MR) is 147 cm³/mol. The van der Waals surface area contributed by atoms with E-state index in [-0.39, 0.29) is 17.4 Å². The number of anilines is 1. The van der Waals surface area contributed by atoms with Crippen molar-refractivity contribution in [2.45, 2.75) is 45.7 Å². The van der Waals surface area contributed by atoms with Crippen molar-refractivity contribution in [2.24, 2.45) is 5.41 Å². The number of fused-ring (bicyclic) bond motifs is 2. The third-order valence-corrected chi connectivity index (χ3v) is 7.57. The highest BCUT2D eigenvalue weighted by atomic mass is 16.4. The first kappa shape index (κ1) is 24.0. The van der Waals surface area contributed by atoms with Crippen molar-refractivity contribution in [2.75, 3.05) is 12.3 Å². The summed E-state index contributed by atoms with van der Waals surface area (Å²) in [6, 6.07) is 18.4. The number of rotatable bonds is 4. The lowest BCUT2D eigenvalue weighted by molar-refractivity contribution is 0.101. The van der Waals surface area contributed by atoms with E-state index in [0.29, 0.717) is 25.3 Å². The Labute approximate surface area is 220 Å². The molecular weight excluding hydrogens is 478 g/mol. The van der Waals surface area contributed by atoms with E-state index in [1.807, 2.05) is 27.4 Å². The molecule has 2 atom stereocenters. The zero-order valence-corrected chi connectivity index (χ0v) is 21.7. The Hall–Kier alpha value is -4.40. The van der Waals surface area contributed by atoms with Gasteiger partial charge >= 0.3 is 6.09 Å². The third-order valence-electron chi connectivity index (χ3n) is 7.57. The maximum atomic E-state index is 12.1. The molecule has 0 spiro atoms. The molecule has 0 bridgehead atoms. The number of nitrogens with zero attached hydrogens (tertiary/aromatic N) is 6. The molecule has 1 aliphatic heterocycles. The number of carbonyl (C=O) groups is 1. The van der Waals surface area contributed by atoms with Crippen LogP contribution in [0.15, 0.2) is 67.1 Å². The number of carboxylic acid groups (broad SMARTS) is 1. The number of nitrogen functional groups attached to an aromatic ring is 1. The minimum absolute atomic E-state index is 0.0320. The van der Waals surface area contributed by atoms with Crippen LogP contribution in [0.1, 0.15) is 44.4 Å². The van der Waals surface area contributed by atoms with Crippen LogP contribution in [0.3, 0.4) is 0 Å². The van der Waals surface area contributed by atoms with Crippen LogP contribution in [0.4, 0.5) is 10.6 Å². The van der Waals surface area contributed by atoms with E-state index < -0.39 is 6.09 Å². The topological polar surface area (TPSA) is 115 Å². The van der Waals surface area contributed by atoms with E-state index in [9.17, 15) is 9.90 Å². The Morgan fingerprint density at radius 1 is 1.13 bits per heavy atom. The molecule has 0 saturated carbocycles. The lowest BCUT2D eigenvalue weighted by atomic mass is 9.78. The minimum Gasteiger partial charge on any atom is -0.465 e. The number of hydrogen-bond donors (Lipinski definition) is 2. The first-order valence-electron chi connectivity index (χ1n) is 12.8. The lowest BCUT2D eigenvalue weighted by Crippen LogP contribution is -2.45. The van der Waals surface area contributed by atoms with E-state index in [4.69, 9.17) is 10.8 Å². The average Bonchev–Trinajstić information content (AvgIpc) is 3.59. The summed E-state index contributed by atoms with van der Waals surface area (Å²) >= 11 is 0. The Kier molecular flexibility index (Phi) is 5.59. The predicted octanol–water partition coefficient (Wildman–Crippen LogP) is 5.26. The van der Waals surface area contributed by atoms with Gasteiger partial charge in [0, 0.05) is 41.3 Å². The molecule has 3 N–H and O–H groups in total. The maximum Gasteiger partial charge on any atom is 0.407 e. The molecule has 4 heterocycles. The zero-order chi connectivity index (χ0) is 26.6. The van der Waals surface area contributed by atoms with Gasteiger partial charge in [0.1, 0.15) is 11.8 Å². The molecule has 3 aromatic heterocycles. The SMILES string of the molecule is CC(C)(C)C1C(c2cc(-c3ccc4cn(Cc5ccccc5)nc4c3)c3c(N)ncnn23)CCN1C(=O)O. The Morgan fingerprint density at radius 3 is 2.66 bits per heavy atom. The Bertz CT molecular complexity index is 1650. The van der Waals surface area contributed by atoms with Crippen LogP contribution < -0.4 is 5.73 Å². The van der Waals surface area contributed by atoms with Crippen molar-refractivity contribution in [1.29, 1.82) is 0 Å². The van der Waals surface area contributed by atoms with E-state index >= 15 is 0 Å². The fourth-order valence-corrected chi connectivity index (χ4v) is 6.05. The van der Waals surface area contributed by atoms with Gasteiger partial charge < -0.3 is 15.7 Å². The molecular formula is C29H31N7O2. The van der Waals surface area contributed by atoms with Gasteiger partial charge in [-0.15, -0.1) is 0 Å². The molecule has 5 aromatic rings. The van der Waals surface area contributed by atoms with Crippen LogP contribution in [-0.2, 0) is 6.54 Å². The fourth-order valence-electron chi connectivity index (χ4n) is 6.05. The molecule has 1 saturated heterocycles. The summed E-state index contributed by atoms with van der Waals surface area (Å²) in [6.45, 7) is 7.44. The highest BCUT2D eigenvalue weighted by molar-refractivity contribution is 5.92. The highest BCUT2D eigenvalue weighted by Gasteiger charge is 2.46. The van der Waals surface area contributed by atoms with Crippen molar-refractivity contribution < 1.29 is 9.90 Å². The number of aromatic nitrogens is 5. The van der Waals surface area contributed by atoms with Crippen LogP contribution in [0.5, 0.6) is 0 Å². The summed E-state index contributed by atoms with van der Waals surface area (Å²) in [7, 11) is 0.